The van der Waals surface area contributed by atoms with Gasteiger partial charge in [-0.25, -0.2) is 14.8 Å². The Bertz CT molecular complexity index is 874. The summed E-state index contributed by atoms with van der Waals surface area (Å²) in [5.74, 6) is 0.862. The van der Waals surface area contributed by atoms with Gasteiger partial charge in [0.05, 0.1) is 5.56 Å². The van der Waals surface area contributed by atoms with Crippen LogP contribution in [0.15, 0.2) is 36.7 Å². The lowest BCUT2D eigenvalue weighted by Gasteiger charge is -2.36. The predicted molar refractivity (Wildman–Crippen MR) is 104 cm³/mol. The fourth-order valence-electron chi connectivity index (χ4n) is 2.86. The first-order chi connectivity index (χ1) is 14.0. The third-order valence-corrected chi connectivity index (χ3v) is 4.27. The van der Waals surface area contributed by atoms with Gasteiger partial charge in [-0.2, -0.15) is 13.2 Å². The molecule has 10 heteroatoms. The minimum Gasteiger partial charge on any atom is -0.444 e. The molecule has 3 rings (SSSR count). The summed E-state index contributed by atoms with van der Waals surface area (Å²) in [6.07, 6.45) is -1.83. The van der Waals surface area contributed by atoms with E-state index in [2.05, 4.69) is 9.97 Å². The number of alkyl halides is 3. The molecule has 1 fully saturated rings. The number of hydrogen-bond donors (Lipinski definition) is 0. The number of anilines is 1. The monoisotopic (exact) mass is 424 g/mol. The van der Waals surface area contributed by atoms with Crippen LogP contribution in [0, 0.1) is 0 Å². The molecule has 162 valence electrons. The van der Waals surface area contributed by atoms with Crippen molar-refractivity contribution < 1.29 is 27.4 Å². The maximum Gasteiger partial charge on any atom is 0.416 e. The van der Waals surface area contributed by atoms with Gasteiger partial charge in [-0.15, -0.1) is 0 Å². The molecule has 7 nitrogen and oxygen atoms in total. The summed E-state index contributed by atoms with van der Waals surface area (Å²) >= 11 is 0. The van der Waals surface area contributed by atoms with Crippen LogP contribution in [-0.2, 0) is 10.9 Å². The molecular formula is C20H23F3N4O3. The maximum absolute atomic E-state index is 12.7. The van der Waals surface area contributed by atoms with Crippen molar-refractivity contribution in [3.8, 4) is 11.6 Å². The molecule has 2 heterocycles. The van der Waals surface area contributed by atoms with Crippen molar-refractivity contribution in [2.45, 2.75) is 32.5 Å². The fraction of sp³-hybridized carbons (Fsp3) is 0.450. The highest BCUT2D eigenvalue weighted by molar-refractivity contribution is 5.68. The Hall–Kier alpha value is -3.04. The molecule has 1 saturated heterocycles. The molecule has 1 aliphatic rings. The van der Waals surface area contributed by atoms with Crippen molar-refractivity contribution in [2.75, 3.05) is 31.1 Å². The SMILES string of the molecule is CC(C)(C)OC(=O)N1CCN(c2nccnc2Oc2ccc(C(F)(F)F)cc2)CC1. The second-order valence-electron chi connectivity index (χ2n) is 7.76. The van der Waals surface area contributed by atoms with Gasteiger partial charge in [0.2, 0.25) is 0 Å². The number of carbonyl (C=O) groups is 1. The van der Waals surface area contributed by atoms with Crippen molar-refractivity contribution in [3.05, 3.63) is 42.2 Å². The van der Waals surface area contributed by atoms with Crippen LogP contribution in [0.5, 0.6) is 11.6 Å². The molecule has 0 spiro atoms. The van der Waals surface area contributed by atoms with Crippen molar-refractivity contribution in [3.63, 3.8) is 0 Å². The Labute approximate surface area is 172 Å². The van der Waals surface area contributed by atoms with E-state index in [0.717, 1.165) is 12.1 Å². The lowest BCUT2D eigenvalue weighted by molar-refractivity contribution is -0.137. The smallest absolute Gasteiger partial charge is 0.416 e. The molecule has 0 saturated carbocycles. The van der Waals surface area contributed by atoms with Crippen LogP contribution in [0.25, 0.3) is 0 Å². The van der Waals surface area contributed by atoms with E-state index in [1.54, 1.807) is 4.90 Å². The number of rotatable bonds is 3. The van der Waals surface area contributed by atoms with Crippen LogP contribution in [0.3, 0.4) is 0 Å². The number of nitrogens with zero attached hydrogens (tertiary/aromatic N) is 4. The maximum atomic E-state index is 12.7. The summed E-state index contributed by atoms with van der Waals surface area (Å²) in [5.41, 5.74) is -1.32. The van der Waals surface area contributed by atoms with Gasteiger partial charge in [0, 0.05) is 38.6 Å². The van der Waals surface area contributed by atoms with Gasteiger partial charge in [-0.3, -0.25) is 0 Å². The Balaban J connectivity index is 1.67. The quantitative estimate of drug-likeness (QED) is 0.730. The molecule has 1 amide bonds. The summed E-state index contributed by atoms with van der Waals surface area (Å²) in [7, 11) is 0. The average molecular weight is 424 g/mol. The van der Waals surface area contributed by atoms with Crippen LogP contribution in [0.2, 0.25) is 0 Å². The number of piperazine rings is 1. The van der Waals surface area contributed by atoms with E-state index in [4.69, 9.17) is 9.47 Å². The van der Waals surface area contributed by atoms with Crippen molar-refractivity contribution in [2.24, 2.45) is 0 Å². The number of amides is 1. The second-order valence-corrected chi connectivity index (χ2v) is 7.76. The lowest BCUT2D eigenvalue weighted by atomic mass is 10.2. The number of ether oxygens (including phenoxy) is 2. The third kappa shape index (κ3) is 5.52. The standard InChI is InChI=1S/C20H23F3N4O3/c1-19(2,3)30-18(28)27-12-10-26(11-13-27)16-17(25-9-8-24-16)29-15-6-4-14(5-7-15)20(21,22)23/h4-9H,10-13H2,1-3H3. The molecule has 1 aromatic heterocycles. The number of hydrogen-bond acceptors (Lipinski definition) is 6. The molecule has 2 aromatic rings. The fourth-order valence-corrected chi connectivity index (χ4v) is 2.86. The van der Waals surface area contributed by atoms with Gasteiger partial charge in [0.25, 0.3) is 5.88 Å². The van der Waals surface area contributed by atoms with Crippen LogP contribution in [0.4, 0.5) is 23.8 Å². The zero-order valence-electron chi connectivity index (χ0n) is 16.9. The van der Waals surface area contributed by atoms with Gasteiger partial charge in [-0.1, -0.05) is 0 Å². The molecular weight excluding hydrogens is 401 g/mol. The molecule has 30 heavy (non-hydrogen) atoms. The van der Waals surface area contributed by atoms with E-state index in [1.807, 2.05) is 25.7 Å². The van der Waals surface area contributed by atoms with Crippen LogP contribution >= 0.6 is 0 Å². The molecule has 1 aliphatic heterocycles. The van der Waals surface area contributed by atoms with Gasteiger partial charge < -0.3 is 19.3 Å². The largest absolute Gasteiger partial charge is 0.444 e. The summed E-state index contributed by atoms with van der Waals surface area (Å²) in [4.78, 5) is 24.2. The van der Waals surface area contributed by atoms with E-state index in [1.165, 1.54) is 24.5 Å². The van der Waals surface area contributed by atoms with Crippen LogP contribution < -0.4 is 9.64 Å². The lowest BCUT2D eigenvalue weighted by Crippen LogP contribution is -2.50. The Kier molecular flexibility index (Phi) is 6.04. The molecule has 0 unspecified atom stereocenters. The van der Waals surface area contributed by atoms with Gasteiger partial charge in [-0.05, 0) is 45.0 Å². The van der Waals surface area contributed by atoms with E-state index >= 15 is 0 Å². The van der Waals surface area contributed by atoms with Crippen molar-refractivity contribution >= 4 is 11.9 Å². The molecule has 0 N–H and O–H groups in total. The second kappa shape index (κ2) is 8.37. The highest BCUT2D eigenvalue weighted by Crippen LogP contribution is 2.33. The van der Waals surface area contributed by atoms with Crippen molar-refractivity contribution in [1.82, 2.24) is 14.9 Å². The average Bonchev–Trinajstić information content (AvgIpc) is 2.67. The van der Waals surface area contributed by atoms with Crippen molar-refractivity contribution in [1.29, 1.82) is 0 Å². The number of aromatic nitrogens is 2. The van der Waals surface area contributed by atoms with Gasteiger partial charge in [0.1, 0.15) is 11.4 Å². The van der Waals surface area contributed by atoms with E-state index < -0.39 is 17.3 Å². The number of carbonyl (C=O) groups excluding carboxylic acids is 1. The zero-order valence-corrected chi connectivity index (χ0v) is 16.9. The summed E-state index contributed by atoms with van der Waals surface area (Å²) in [5, 5.41) is 0. The topological polar surface area (TPSA) is 67.8 Å². The summed E-state index contributed by atoms with van der Waals surface area (Å²) in [6, 6.07) is 4.37. The Morgan fingerprint density at radius 2 is 1.57 bits per heavy atom. The first-order valence-corrected chi connectivity index (χ1v) is 9.42. The van der Waals surface area contributed by atoms with Crippen LogP contribution in [0.1, 0.15) is 26.3 Å². The predicted octanol–water partition coefficient (Wildman–Crippen LogP) is 4.34. The third-order valence-electron chi connectivity index (χ3n) is 4.27. The molecule has 0 radical (unpaired) electrons. The molecule has 0 aliphatic carbocycles. The van der Waals surface area contributed by atoms with Gasteiger partial charge in [0.15, 0.2) is 5.82 Å². The first kappa shape index (κ1) is 21.7. The summed E-state index contributed by atoms with van der Waals surface area (Å²) < 4.78 is 49.3. The van der Waals surface area contributed by atoms with E-state index in [-0.39, 0.29) is 17.7 Å². The van der Waals surface area contributed by atoms with Crippen LogP contribution in [-0.4, -0.2) is 52.7 Å². The molecule has 0 atom stereocenters. The van der Waals surface area contributed by atoms with E-state index in [9.17, 15) is 18.0 Å². The zero-order chi connectivity index (χ0) is 21.9. The normalized spacial score (nSPS) is 15.1. The Morgan fingerprint density at radius 1 is 0.967 bits per heavy atom. The molecule has 1 aromatic carbocycles. The number of benzene rings is 1. The Morgan fingerprint density at radius 3 is 2.13 bits per heavy atom. The van der Waals surface area contributed by atoms with Gasteiger partial charge >= 0.3 is 12.3 Å². The minimum absolute atomic E-state index is 0.183. The number of halogens is 3. The first-order valence-electron chi connectivity index (χ1n) is 9.42. The highest BCUT2D eigenvalue weighted by Gasteiger charge is 2.30. The molecule has 0 bridgehead atoms. The van der Waals surface area contributed by atoms with E-state index in [0.29, 0.717) is 32.0 Å². The highest BCUT2D eigenvalue weighted by atomic mass is 19.4. The summed E-state index contributed by atoms with van der Waals surface area (Å²) in [6.45, 7) is 7.28. The minimum atomic E-state index is -4.41.